The summed E-state index contributed by atoms with van der Waals surface area (Å²) in [6, 6.07) is 0.0819. The monoisotopic (exact) mass is 267 g/mol. The van der Waals surface area contributed by atoms with Crippen molar-refractivity contribution in [3.63, 3.8) is 0 Å². The molecule has 108 valence electrons. The Kier molecular flexibility index (Phi) is 6.43. The first-order chi connectivity index (χ1) is 8.38. The molecule has 0 spiro atoms. The molecule has 0 aliphatic heterocycles. The molecule has 2 nitrogen and oxygen atoms in total. The molecule has 0 aromatic rings. The Morgan fingerprint density at radius 1 is 1.22 bits per heavy atom. The molecule has 1 rings (SSSR count). The lowest BCUT2D eigenvalue weighted by molar-refractivity contribution is -0.135. The third kappa shape index (κ3) is 6.59. The molecule has 2 N–H and O–H groups in total. The molecule has 1 aliphatic carbocycles. The van der Waals surface area contributed by atoms with E-state index in [9.17, 15) is 18.3 Å². The molecule has 0 saturated heterocycles. The molecular formula is C13H24F3NO. The summed E-state index contributed by atoms with van der Waals surface area (Å²) in [5.74, 6) is 0. The third-order valence-corrected chi connectivity index (χ3v) is 3.58. The maximum absolute atomic E-state index is 12.0. The summed E-state index contributed by atoms with van der Waals surface area (Å²) in [4.78, 5) is 0. The molecule has 0 aromatic carbocycles. The highest BCUT2D eigenvalue weighted by Gasteiger charge is 2.27. The highest BCUT2D eigenvalue weighted by Crippen LogP contribution is 2.23. The van der Waals surface area contributed by atoms with E-state index in [0.29, 0.717) is 6.42 Å². The van der Waals surface area contributed by atoms with Gasteiger partial charge in [0, 0.05) is 18.5 Å². The van der Waals surface area contributed by atoms with Gasteiger partial charge in [0.2, 0.25) is 0 Å². The Morgan fingerprint density at radius 3 is 2.56 bits per heavy atom. The fourth-order valence-electron chi connectivity index (χ4n) is 2.54. The fraction of sp³-hybridized carbons (Fsp3) is 1.00. The fourth-order valence-corrected chi connectivity index (χ4v) is 2.54. The van der Waals surface area contributed by atoms with Gasteiger partial charge in [-0.3, -0.25) is 0 Å². The minimum Gasteiger partial charge on any atom is -0.392 e. The van der Waals surface area contributed by atoms with E-state index >= 15 is 0 Å². The van der Waals surface area contributed by atoms with Gasteiger partial charge in [0.15, 0.2) is 0 Å². The Bertz CT molecular complexity index is 233. The zero-order chi connectivity index (χ0) is 13.6. The molecule has 0 bridgehead atoms. The van der Waals surface area contributed by atoms with Gasteiger partial charge in [0.1, 0.15) is 0 Å². The van der Waals surface area contributed by atoms with Crippen molar-refractivity contribution >= 4 is 0 Å². The number of aliphatic hydroxyl groups is 1. The Labute approximate surface area is 107 Å². The van der Waals surface area contributed by atoms with Crippen LogP contribution in [0.15, 0.2) is 0 Å². The summed E-state index contributed by atoms with van der Waals surface area (Å²) in [7, 11) is 0. The first kappa shape index (κ1) is 15.8. The lowest BCUT2D eigenvalue weighted by atomic mass is 10.0. The van der Waals surface area contributed by atoms with Crippen LogP contribution in [0.1, 0.15) is 58.3 Å². The zero-order valence-electron chi connectivity index (χ0n) is 11.0. The van der Waals surface area contributed by atoms with Gasteiger partial charge in [-0.15, -0.1) is 0 Å². The largest absolute Gasteiger partial charge is 0.392 e. The highest BCUT2D eigenvalue weighted by molar-refractivity contribution is 4.81. The molecule has 5 heteroatoms. The normalized spacial score (nSPS) is 27.8. The van der Waals surface area contributed by atoms with Gasteiger partial charge >= 0.3 is 6.18 Å². The van der Waals surface area contributed by atoms with E-state index in [1.54, 1.807) is 0 Å². The quantitative estimate of drug-likeness (QED) is 0.748. The van der Waals surface area contributed by atoms with Crippen LogP contribution < -0.4 is 5.32 Å². The number of nitrogens with one attached hydrogen (secondary N) is 1. The van der Waals surface area contributed by atoms with Crippen molar-refractivity contribution in [2.45, 2.75) is 82.7 Å². The van der Waals surface area contributed by atoms with E-state index in [2.05, 4.69) is 5.32 Å². The molecular weight excluding hydrogens is 243 g/mol. The van der Waals surface area contributed by atoms with Crippen molar-refractivity contribution in [1.29, 1.82) is 0 Å². The summed E-state index contributed by atoms with van der Waals surface area (Å²) < 4.78 is 36.1. The minimum atomic E-state index is -4.05. The van der Waals surface area contributed by atoms with E-state index in [4.69, 9.17) is 0 Å². The lowest BCUT2D eigenvalue weighted by Crippen LogP contribution is -2.43. The van der Waals surface area contributed by atoms with Crippen LogP contribution in [0.4, 0.5) is 13.2 Å². The molecule has 3 atom stereocenters. The average Bonchev–Trinajstić information content (AvgIpc) is 2.42. The van der Waals surface area contributed by atoms with Gasteiger partial charge in [-0.1, -0.05) is 19.3 Å². The van der Waals surface area contributed by atoms with Crippen LogP contribution in [0.25, 0.3) is 0 Å². The summed E-state index contributed by atoms with van der Waals surface area (Å²) >= 11 is 0. The molecule has 1 saturated carbocycles. The van der Waals surface area contributed by atoms with Crippen molar-refractivity contribution in [1.82, 2.24) is 5.32 Å². The van der Waals surface area contributed by atoms with E-state index < -0.39 is 12.6 Å². The second-order valence-electron chi connectivity index (χ2n) is 5.39. The number of alkyl halides is 3. The molecule has 0 amide bonds. The van der Waals surface area contributed by atoms with Gasteiger partial charge in [0.05, 0.1) is 6.10 Å². The molecule has 0 heterocycles. The Hall–Kier alpha value is -0.290. The minimum absolute atomic E-state index is 0.0325. The molecule has 1 aliphatic rings. The van der Waals surface area contributed by atoms with Crippen molar-refractivity contribution in [2.75, 3.05) is 0 Å². The number of aliphatic hydroxyl groups excluding tert-OH is 1. The number of hydrogen-bond acceptors (Lipinski definition) is 2. The van der Waals surface area contributed by atoms with E-state index in [1.165, 1.54) is 0 Å². The van der Waals surface area contributed by atoms with E-state index in [0.717, 1.165) is 32.1 Å². The number of halogens is 3. The molecule has 18 heavy (non-hydrogen) atoms. The van der Waals surface area contributed by atoms with Crippen molar-refractivity contribution in [2.24, 2.45) is 0 Å². The van der Waals surface area contributed by atoms with Crippen LogP contribution in [-0.4, -0.2) is 29.5 Å². The van der Waals surface area contributed by atoms with Crippen LogP contribution in [0.3, 0.4) is 0 Å². The maximum Gasteiger partial charge on any atom is 0.389 e. The molecule has 1 fully saturated rings. The second kappa shape index (κ2) is 7.34. The van der Waals surface area contributed by atoms with Gasteiger partial charge in [-0.2, -0.15) is 13.2 Å². The van der Waals surface area contributed by atoms with E-state index in [-0.39, 0.29) is 24.6 Å². The predicted molar refractivity (Wildman–Crippen MR) is 65.4 cm³/mol. The average molecular weight is 267 g/mol. The van der Waals surface area contributed by atoms with Crippen LogP contribution in [0.2, 0.25) is 0 Å². The Morgan fingerprint density at radius 2 is 1.89 bits per heavy atom. The number of rotatable bonds is 5. The third-order valence-electron chi connectivity index (χ3n) is 3.58. The summed E-state index contributed by atoms with van der Waals surface area (Å²) in [6.07, 6.45) is 0.524. The first-order valence-electron chi connectivity index (χ1n) is 6.89. The summed E-state index contributed by atoms with van der Waals surface area (Å²) in [6.45, 7) is 1.90. The second-order valence-corrected chi connectivity index (χ2v) is 5.39. The smallest absolute Gasteiger partial charge is 0.389 e. The Balaban J connectivity index is 2.23. The standard InChI is InChI=1S/C13H24F3NO/c1-10(6-5-9-13(14,15)16)17-11-7-3-2-4-8-12(11)18/h10-12,17-18H,2-9H2,1H3. The summed E-state index contributed by atoms with van der Waals surface area (Å²) in [5.41, 5.74) is 0. The zero-order valence-corrected chi connectivity index (χ0v) is 11.0. The van der Waals surface area contributed by atoms with Gasteiger partial charge in [-0.05, 0) is 32.6 Å². The summed E-state index contributed by atoms with van der Waals surface area (Å²) in [5, 5.41) is 13.2. The predicted octanol–water partition coefficient (Wildman–Crippen LogP) is 3.39. The molecule has 0 radical (unpaired) electrons. The topological polar surface area (TPSA) is 32.3 Å². The van der Waals surface area contributed by atoms with E-state index in [1.807, 2.05) is 6.92 Å². The van der Waals surface area contributed by atoms with Gasteiger partial charge in [-0.25, -0.2) is 0 Å². The van der Waals surface area contributed by atoms with Crippen molar-refractivity contribution in [3.8, 4) is 0 Å². The lowest BCUT2D eigenvalue weighted by Gasteiger charge is -2.26. The van der Waals surface area contributed by atoms with Crippen LogP contribution in [-0.2, 0) is 0 Å². The van der Waals surface area contributed by atoms with Crippen molar-refractivity contribution < 1.29 is 18.3 Å². The van der Waals surface area contributed by atoms with Gasteiger partial charge in [0.25, 0.3) is 0 Å². The van der Waals surface area contributed by atoms with Crippen LogP contribution in [0.5, 0.6) is 0 Å². The first-order valence-corrected chi connectivity index (χ1v) is 6.89. The maximum atomic E-state index is 12.0. The molecule has 3 unspecified atom stereocenters. The van der Waals surface area contributed by atoms with Crippen LogP contribution >= 0.6 is 0 Å². The number of hydrogen-bond donors (Lipinski definition) is 2. The van der Waals surface area contributed by atoms with Crippen molar-refractivity contribution in [3.05, 3.63) is 0 Å². The van der Waals surface area contributed by atoms with Crippen LogP contribution in [0, 0.1) is 0 Å². The highest BCUT2D eigenvalue weighted by atomic mass is 19.4. The molecule has 0 aromatic heterocycles. The SMILES string of the molecule is CC(CCCC(F)(F)F)NC1CCCCCC1O. The van der Waals surface area contributed by atoms with Gasteiger partial charge < -0.3 is 10.4 Å².